The lowest BCUT2D eigenvalue weighted by molar-refractivity contribution is -0.118. The Morgan fingerprint density at radius 3 is 2.27 bits per heavy atom. The highest BCUT2D eigenvalue weighted by Crippen LogP contribution is 2.03. The summed E-state index contributed by atoms with van der Waals surface area (Å²) < 4.78 is 0. The molecule has 0 saturated heterocycles. The van der Waals surface area contributed by atoms with Crippen LogP contribution in [0.15, 0.2) is 0 Å². The van der Waals surface area contributed by atoms with E-state index in [0.717, 1.165) is 0 Å². The Morgan fingerprint density at radius 2 is 2.00 bits per heavy atom. The molecular formula is C7H13NO2S. The lowest BCUT2D eigenvalue weighted by Gasteiger charge is -2.09. The van der Waals surface area contributed by atoms with E-state index in [1.165, 1.54) is 25.6 Å². The molecule has 0 saturated carbocycles. The molecular weight excluding hydrogens is 162 g/mol. The summed E-state index contributed by atoms with van der Waals surface area (Å²) in [5.74, 6) is 0.600. The van der Waals surface area contributed by atoms with Gasteiger partial charge in [-0.25, -0.2) is 0 Å². The van der Waals surface area contributed by atoms with Crippen LogP contribution in [0.2, 0.25) is 0 Å². The van der Waals surface area contributed by atoms with Crippen LogP contribution >= 0.6 is 11.8 Å². The predicted octanol–water partition coefficient (Wildman–Crippen LogP) is 0.443. The fourth-order valence-electron chi connectivity index (χ4n) is 0.605. The average Bonchev–Trinajstić information content (AvgIpc) is 1.87. The summed E-state index contributed by atoms with van der Waals surface area (Å²) in [6, 6.07) is -0.191. The van der Waals surface area contributed by atoms with Gasteiger partial charge in [0.25, 0.3) is 0 Å². The van der Waals surface area contributed by atoms with Crippen molar-refractivity contribution in [1.82, 2.24) is 5.32 Å². The first kappa shape index (κ1) is 10.7. The second-order valence-corrected chi connectivity index (χ2v) is 3.45. The Bertz CT molecular complexity index is 159. The number of thioether (sulfide) groups is 1. The molecule has 1 atom stereocenters. The molecule has 1 unspecified atom stereocenters. The quantitative estimate of drug-likeness (QED) is 0.673. The third kappa shape index (κ3) is 4.98. The Kier molecular flexibility index (Phi) is 5.15. The van der Waals surface area contributed by atoms with Crippen molar-refractivity contribution in [1.29, 1.82) is 0 Å². The minimum absolute atomic E-state index is 0.0477. The monoisotopic (exact) mass is 175 g/mol. The first-order valence-electron chi connectivity index (χ1n) is 3.39. The molecule has 1 N–H and O–H groups in total. The summed E-state index contributed by atoms with van der Waals surface area (Å²) in [7, 11) is 1.72. The van der Waals surface area contributed by atoms with E-state index in [1.807, 2.05) is 0 Å². The number of hydrogen-bond acceptors (Lipinski definition) is 4. The Hall–Kier alpha value is -0.350. The summed E-state index contributed by atoms with van der Waals surface area (Å²) in [6.45, 7) is 3.01. The van der Waals surface area contributed by atoms with Crippen LogP contribution in [0.3, 0.4) is 0 Å². The van der Waals surface area contributed by atoms with Gasteiger partial charge in [0.1, 0.15) is 5.78 Å². The van der Waals surface area contributed by atoms with Gasteiger partial charge in [0.2, 0.25) is 0 Å². The minimum atomic E-state index is -0.191. The van der Waals surface area contributed by atoms with Crippen LogP contribution in [0.25, 0.3) is 0 Å². The smallest absolute Gasteiger partial charge is 0.185 e. The Morgan fingerprint density at radius 1 is 1.45 bits per heavy atom. The normalized spacial score (nSPS) is 12.6. The largest absolute Gasteiger partial charge is 0.310 e. The van der Waals surface area contributed by atoms with Gasteiger partial charge in [-0.15, -0.1) is 0 Å². The van der Waals surface area contributed by atoms with Crippen molar-refractivity contribution in [3.05, 3.63) is 0 Å². The Balaban J connectivity index is 3.70. The van der Waals surface area contributed by atoms with Gasteiger partial charge in [0.15, 0.2) is 5.12 Å². The molecule has 11 heavy (non-hydrogen) atoms. The summed E-state index contributed by atoms with van der Waals surface area (Å²) >= 11 is 1.17. The van der Waals surface area contributed by atoms with Gasteiger partial charge in [0, 0.05) is 12.7 Å². The number of ketones is 1. The highest BCUT2D eigenvalue weighted by atomic mass is 32.2. The molecule has 0 fully saturated rings. The SMILES string of the molecule is CNC(CSC(C)=O)C(C)=O. The molecule has 0 rings (SSSR count). The molecule has 0 aromatic rings. The van der Waals surface area contributed by atoms with Crippen molar-refractivity contribution in [2.24, 2.45) is 0 Å². The molecule has 0 aliphatic rings. The van der Waals surface area contributed by atoms with Crippen LogP contribution < -0.4 is 5.32 Å². The highest BCUT2D eigenvalue weighted by molar-refractivity contribution is 8.13. The molecule has 0 radical (unpaired) electrons. The molecule has 0 heterocycles. The Labute approximate surface area is 70.9 Å². The van der Waals surface area contributed by atoms with Crippen molar-refractivity contribution in [2.75, 3.05) is 12.8 Å². The highest BCUT2D eigenvalue weighted by Gasteiger charge is 2.11. The lowest BCUT2D eigenvalue weighted by Crippen LogP contribution is -2.34. The molecule has 0 aromatic heterocycles. The van der Waals surface area contributed by atoms with Gasteiger partial charge in [-0.1, -0.05) is 11.8 Å². The van der Waals surface area contributed by atoms with E-state index in [4.69, 9.17) is 0 Å². The van der Waals surface area contributed by atoms with Gasteiger partial charge in [0.05, 0.1) is 6.04 Å². The van der Waals surface area contributed by atoms with E-state index < -0.39 is 0 Å². The molecule has 4 heteroatoms. The fraction of sp³-hybridized carbons (Fsp3) is 0.714. The van der Waals surface area contributed by atoms with Crippen LogP contribution in [0, 0.1) is 0 Å². The third-order valence-electron chi connectivity index (χ3n) is 1.29. The van der Waals surface area contributed by atoms with E-state index in [0.29, 0.717) is 5.75 Å². The van der Waals surface area contributed by atoms with Gasteiger partial charge in [-0.05, 0) is 14.0 Å². The third-order valence-corrected chi connectivity index (χ3v) is 2.20. The van der Waals surface area contributed by atoms with Gasteiger partial charge >= 0.3 is 0 Å². The van der Waals surface area contributed by atoms with Crippen LogP contribution in [-0.2, 0) is 9.59 Å². The van der Waals surface area contributed by atoms with Crippen molar-refractivity contribution >= 4 is 22.7 Å². The van der Waals surface area contributed by atoms with Gasteiger partial charge in [-0.2, -0.15) is 0 Å². The van der Waals surface area contributed by atoms with E-state index in [-0.39, 0.29) is 16.9 Å². The summed E-state index contributed by atoms with van der Waals surface area (Å²) in [5, 5.41) is 2.88. The molecule has 0 aromatic carbocycles. The maximum absolute atomic E-state index is 10.8. The minimum Gasteiger partial charge on any atom is -0.310 e. The molecule has 3 nitrogen and oxygen atoms in total. The van der Waals surface area contributed by atoms with E-state index in [2.05, 4.69) is 5.32 Å². The first-order valence-corrected chi connectivity index (χ1v) is 4.37. The zero-order chi connectivity index (χ0) is 8.85. The molecule has 0 spiro atoms. The average molecular weight is 175 g/mol. The number of likely N-dealkylation sites (N-methyl/N-ethyl adjacent to an activating group) is 1. The van der Waals surface area contributed by atoms with E-state index in [1.54, 1.807) is 7.05 Å². The zero-order valence-corrected chi connectivity index (χ0v) is 7.83. The number of carbonyl (C=O) groups is 2. The zero-order valence-electron chi connectivity index (χ0n) is 7.01. The standard InChI is InChI=1S/C7H13NO2S/c1-5(9)7(8-3)4-11-6(2)10/h7-8H,4H2,1-3H3. The van der Waals surface area contributed by atoms with Crippen molar-refractivity contribution < 1.29 is 9.59 Å². The van der Waals surface area contributed by atoms with Crippen LogP contribution in [0.1, 0.15) is 13.8 Å². The fourth-order valence-corrected chi connectivity index (χ4v) is 1.41. The van der Waals surface area contributed by atoms with Crippen molar-refractivity contribution in [2.45, 2.75) is 19.9 Å². The van der Waals surface area contributed by atoms with E-state index >= 15 is 0 Å². The summed E-state index contributed by atoms with van der Waals surface area (Å²) in [6.07, 6.45) is 0. The van der Waals surface area contributed by atoms with Crippen molar-refractivity contribution in [3.63, 3.8) is 0 Å². The first-order chi connectivity index (χ1) is 5.07. The lowest BCUT2D eigenvalue weighted by atomic mass is 10.2. The molecule has 64 valence electrons. The maximum atomic E-state index is 10.8. The number of carbonyl (C=O) groups excluding carboxylic acids is 2. The number of hydrogen-bond donors (Lipinski definition) is 1. The van der Waals surface area contributed by atoms with E-state index in [9.17, 15) is 9.59 Å². The number of Topliss-reactive ketones (excluding diaryl/α,β-unsaturated/α-hetero) is 1. The summed E-state index contributed by atoms with van der Waals surface area (Å²) in [5.41, 5.74) is 0. The maximum Gasteiger partial charge on any atom is 0.185 e. The number of rotatable bonds is 4. The van der Waals surface area contributed by atoms with Crippen molar-refractivity contribution in [3.8, 4) is 0 Å². The topological polar surface area (TPSA) is 46.2 Å². The van der Waals surface area contributed by atoms with Crippen LogP contribution in [-0.4, -0.2) is 29.7 Å². The summed E-state index contributed by atoms with van der Waals surface area (Å²) in [4.78, 5) is 21.3. The van der Waals surface area contributed by atoms with Gasteiger partial charge < -0.3 is 5.32 Å². The molecule has 0 bridgehead atoms. The predicted molar refractivity (Wildman–Crippen MR) is 46.7 cm³/mol. The second-order valence-electron chi connectivity index (χ2n) is 2.25. The molecule has 0 aliphatic heterocycles. The van der Waals surface area contributed by atoms with Crippen LogP contribution in [0.4, 0.5) is 0 Å². The molecule has 0 aliphatic carbocycles. The van der Waals surface area contributed by atoms with Gasteiger partial charge in [-0.3, -0.25) is 9.59 Å². The number of nitrogens with one attached hydrogen (secondary N) is 1. The molecule has 0 amide bonds. The second kappa shape index (κ2) is 5.32. The van der Waals surface area contributed by atoms with Crippen LogP contribution in [0.5, 0.6) is 0 Å².